The molecule has 2 N–H and O–H groups in total. The quantitative estimate of drug-likeness (QED) is 0.757. The normalized spacial score (nSPS) is 22.5. The van der Waals surface area contributed by atoms with Crippen molar-refractivity contribution in [2.24, 2.45) is 0 Å². The van der Waals surface area contributed by atoms with Crippen molar-refractivity contribution >= 4 is 22.7 Å². The van der Waals surface area contributed by atoms with Crippen LogP contribution in [-0.4, -0.2) is 46.4 Å². The van der Waals surface area contributed by atoms with Crippen molar-refractivity contribution in [2.75, 3.05) is 55.5 Å². The minimum atomic E-state index is -4.37. The van der Waals surface area contributed by atoms with Gasteiger partial charge >= 0.3 is 6.18 Å². The van der Waals surface area contributed by atoms with Gasteiger partial charge in [-0.25, -0.2) is 0 Å². The molecule has 0 aromatic heterocycles. The van der Waals surface area contributed by atoms with Gasteiger partial charge in [0.15, 0.2) is 0 Å². The number of hydrogen-bond acceptors (Lipinski definition) is 5. The van der Waals surface area contributed by atoms with E-state index in [4.69, 9.17) is 4.74 Å². The molecule has 166 valence electrons. The molecule has 0 amide bonds. The second kappa shape index (κ2) is 7.60. The first-order chi connectivity index (χ1) is 14.8. The third kappa shape index (κ3) is 3.61. The number of piperidine rings is 1. The number of rotatable bonds is 3. The second-order valence-electron chi connectivity index (χ2n) is 8.73. The molecule has 2 aromatic rings. The zero-order chi connectivity index (χ0) is 21.8. The molecule has 0 bridgehead atoms. The first-order valence-electron chi connectivity index (χ1n) is 10.7. The van der Waals surface area contributed by atoms with E-state index in [0.717, 1.165) is 43.4 Å². The van der Waals surface area contributed by atoms with Crippen molar-refractivity contribution in [2.45, 2.75) is 31.2 Å². The van der Waals surface area contributed by atoms with Crippen molar-refractivity contribution in [3.05, 3.63) is 47.0 Å². The maximum Gasteiger partial charge on any atom is 0.416 e. The summed E-state index contributed by atoms with van der Waals surface area (Å²) in [4.78, 5) is 4.21. The van der Waals surface area contributed by atoms with Crippen LogP contribution < -0.4 is 20.4 Å². The summed E-state index contributed by atoms with van der Waals surface area (Å²) >= 11 is 0. The van der Waals surface area contributed by atoms with E-state index in [1.807, 2.05) is 0 Å². The molecule has 5 nitrogen and oxygen atoms in total. The highest BCUT2D eigenvalue weighted by Crippen LogP contribution is 2.48. The molecule has 31 heavy (non-hydrogen) atoms. The van der Waals surface area contributed by atoms with Crippen molar-refractivity contribution in [1.29, 1.82) is 0 Å². The molecule has 0 radical (unpaired) electrons. The Hall–Kier alpha value is -2.45. The van der Waals surface area contributed by atoms with Gasteiger partial charge in [-0.05, 0) is 48.9 Å². The van der Waals surface area contributed by atoms with Gasteiger partial charge in [0.2, 0.25) is 0 Å². The largest absolute Gasteiger partial charge is 0.416 e. The Labute approximate surface area is 180 Å². The van der Waals surface area contributed by atoms with Crippen LogP contribution in [0.1, 0.15) is 29.0 Å². The van der Waals surface area contributed by atoms with E-state index < -0.39 is 11.7 Å². The molecular weight excluding hydrogens is 405 g/mol. The summed E-state index contributed by atoms with van der Waals surface area (Å²) in [5.41, 5.74) is 5.12. The minimum Gasteiger partial charge on any atom is -0.376 e. The number of halogens is 3. The molecule has 1 fully saturated rings. The molecule has 3 aliphatic heterocycles. The maximum atomic E-state index is 13.2. The number of ether oxygens (including phenoxy) is 1. The number of hydrogen-bond donors (Lipinski definition) is 2. The van der Waals surface area contributed by atoms with Crippen molar-refractivity contribution < 1.29 is 17.9 Å². The molecule has 8 heteroatoms. The van der Waals surface area contributed by atoms with E-state index in [2.05, 4.69) is 27.7 Å². The Kier molecular flexibility index (Phi) is 5.01. The fraction of sp³-hybridized carbons (Fsp3) is 0.478. The summed E-state index contributed by atoms with van der Waals surface area (Å²) in [6, 6.07) is 8.57. The van der Waals surface area contributed by atoms with Gasteiger partial charge in [0.25, 0.3) is 0 Å². The molecular formula is C23H27F3N4O. The fourth-order valence-electron chi connectivity index (χ4n) is 5.20. The molecule has 0 saturated carbocycles. The molecule has 3 heterocycles. The molecule has 2 unspecified atom stereocenters. The predicted octanol–water partition coefficient (Wildman–Crippen LogP) is 4.31. The average molecular weight is 432 g/mol. The highest BCUT2D eigenvalue weighted by Gasteiger charge is 2.42. The number of fused-ring (bicyclic) bond motifs is 3. The van der Waals surface area contributed by atoms with Crippen molar-refractivity contribution in [3.63, 3.8) is 0 Å². The van der Waals surface area contributed by atoms with Gasteiger partial charge < -0.3 is 25.2 Å². The standard InChI is InChI=1S/C23H27F3N4O/c1-29(2)21-10-15(23(24,25)26)3-4-19(21)28-16-9-14-13-31-8-7-30-20-5-6-27-12-18(20)17(11-16)22(14)30/h3-4,9-11,18,20,27-28H,5-8,12-13H2,1-2H3. The van der Waals surface area contributed by atoms with Crippen LogP contribution in [0.4, 0.5) is 35.9 Å². The molecule has 2 atom stereocenters. The summed E-state index contributed by atoms with van der Waals surface area (Å²) in [6.45, 7) is 4.12. The summed E-state index contributed by atoms with van der Waals surface area (Å²) in [7, 11) is 3.50. The first kappa shape index (κ1) is 20.5. The third-order valence-corrected chi connectivity index (χ3v) is 6.57. The number of alkyl halides is 3. The smallest absolute Gasteiger partial charge is 0.376 e. The van der Waals surface area contributed by atoms with Gasteiger partial charge in [0, 0.05) is 56.1 Å². The molecule has 0 spiro atoms. The fourth-order valence-corrected chi connectivity index (χ4v) is 5.20. The van der Waals surface area contributed by atoms with Crippen LogP contribution in [-0.2, 0) is 17.5 Å². The molecule has 1 saturated heterocycles. The summed E-state index contributed by atoms with van der Waals surface area (Å²) < 4.78 is 45.5. The van der Waals surface area contributed by atoms with Gasteiger partial charge in [0.1, 0.15) is 0 Å². The SMILES string of the molecule is CN(C)c1cc(C(F)(F)F)ccc1Nc1cc2c3c(c1)C1CNCCC1N3CCOC2. The van der Waals surface area contributed by atoms with Crippen LogP contribution >= 0.6 is 0 Å². The van der Waals surface area contributed by atoms with Crippen LogP contribution in [0.15, 0.2) is 30.3 Å². The van der Waals surface area contributed by atoms with Crippen LogP contribution in [0.3, 0.4) is 0 Å². The van der Waals surface area contributed by atoms with Gasteiger partial charge in [-0.15, -0.1) is 0 Å². The van der Waals surface area contributed by atoms with Crippen LogP contribution in [0.2, 0.25) is 0 Å². The minimum absolute atomic E-state index is 0.420. The number of benzene rings is 2. The maximum absolute atomic E-state index is 13.2. The Balaban J connectivity index is 1.54. The molecule has 5 rings (SSSR count). The van der Waals surface area contributed by atoms with Gasteiger partial charge in [-0.3, -0.25) is 0 Å². The molecule has 0 aliphatic carbocycles. The van der Waals surface area contributed by atoms with Gasteiger partial charge in [-0.2, -0.15) is 13.2 Å². The molecule has 3 aliphatic rings. The Morgan fingerprint density at radius 3 is 2.81 bits per heavy atom. The summed E-state index contributed by atoms with van der Waals surface area (Å²) in [5.74, 6) is 0.420. The predicted molar refractivity (Wildman–Crippen MR) is 117 cm³/mol. The van der Waals surface area contributed by atoms with Crippen LogP contribution in [0.5, 0.6) is 0 Å². The van der Waals surface area contributed by atoms with Gasteiger partial charge in [-0.1, -0.05) is 0 Å². The Bertz CT molecular complexity index is 992. The highest BCUT2D eigenvalue weighted by atomic mass is 19.4. The lowest BCUT2D eigenvalue weighted by Crippen LogP contribution is -2.44. The summed E-state index contributed by atoms with van der Waals surface area (Å²) in [5, 5.41) is 6.91. The summed E-state index contributed by atoms with van der Waals surface area (Å²) in [6.07, 6.45) is -3.27. The highest BCUT2D eigenvalue weighted by molar-refractivity contribution is 5.79. The Morgan fingerprint density at radius 1 is 1.19 bits per heavy atom. The lowest BCUT2D eigenvalue weighted by atomic mass is 9.89. The van der Waals surface area contributed by atoms with E-state index in [-0.39, 0.29) is 0 Å². The van der Waals surface area contributed by atoms with Crippen molar-refractivity contribution in [1.82, 2.24) is 5.32 Å². The van der Waals surface area contributed by atoms with Crippen LogP contribution in [0, 0.1) is 0 Å². The Morgan fingerprint density at radius 2 is 2.03 bits per heavy atom. The van der Waals surface area contributed by atoms with E-state index in [0.29, 0.717) is 36.5 Å². The zero-order valence-electron chi connectivity index (χ0n) is 17.7. The monoisotopic (exact) mass is 432 g/mol. The lowest BCUT2D eigenvalue weighted by Gasteiger charge is -2.33. The van der Waals surface area contributed by atoms with Crippen LogP contribution in [0.25, 0.3) is 0 Å². The van der Waals surface area contributed by atoms with E-state index in [1.165, 1.54) is 23.4 Å². The molecule has 2 aromatic carbocycles. The number of nitrogens with one attached hydrogen (secondary N) is 2. The van der Waals surface area contributed by atoms with E-state index in [1.54, 1.807) is 19.0 Å². The van der Waals surface area contributed by atoms with E-state index >= 15 is 0 Å². The number of anilines is 4. The third-order valence-electron chi connectivity index (χ3n) is 6.57. The van der Waals surface area contributed by atoms with Crippen molar-refractivity contribution in [3.8, 4) is 0 Å². The average Bonchev–Trinajstić information content (AvgIpc) is 2.88. The zero-order valence-corrected chi connectivity index (χ0v) is 17.7. The van der Waals surface area contributed by atoms with Gasteiger partial charge in [0.05, 0.1) is 30.2 Å². The second-order valence-corrected chi connectivity index (χ2v) is 8.73. The first-order valence-corrected chi connectivity index (χ1v) is 10.7. The van der Waals surface area contributed by atoms with E-state index in [9.17, 15) is 13.2 Å². The topological polar surface area (TPSA) is 39.8 Å². The number of nitrogens with zero attached hydrogens (tertiary/aromatic N) is 2. The lowest BCUT2D eigenvalue weighted by molar-refractivity contribution is -0.137.